The fourth-order valence-electron chi connectivity index (χ4n) is 1.03. The molecule has 0 unspecified atom stereocenters. The van der Waals surface area contributed by atoms with Crippen molar-refractivity contribution in [2.24, 2.45) is 16.8 Å². The van der Waals surface area contributed by atoms with E-state index >= 15 is 0 Å². The minimum Gasteiger partial charge on any atom is -0.392 e. The first kappa shape index (κ1) is 9.50. The zero-order chi connectivity index (χ0) is 9.68. The maximum Gasteiger partial charge on any atom is 0.129 e. The van der Waals surface area contributed by atoms with Crippen LogP contribution in [0.5, 0.6) is 0 Å². The second-order valence-electron chi connectivity index (χ2n) is 2.46. The standard InChI is InChI=1S/C8H12N4O/c9-11-6-12(10)8-4-2-1-3-7(8)5-13/h1-4,6,13H,5,9-10H2/b11-6-. The minimum absolute atomic E-state index is 0.0672. The monoisotopic (exact) mass is 180 g/mol. The molecule has 0 aromatic heterocycles. The summed E-state index contributed by atoms with van der Waals surface area (Å²) >= 11 is 0. The summed E-state index contributed by atoms with van der Waals surface area (Å²) in [6.07, 6.45) is 1.27. The van der Waals surface area contributed by atoms with Gasteiger partial charge in [-0.1, -0.05) is 18.2 Å². The van der Waals surface area contributed by atoms with Crippen LogP contribution < -0.4 is 16.7 Å². The SMILES string of the molecule is N/N=C\N(N)c1ccccc1CO. The normalized spacial score (nSPS) is 10.6. The van der Waals surface area contributed by atoms with Gasteiger partial charge < -0.3 is 10.9 Å². The van der Waals surface area contributed by atoms with E-state index in [2.05, 4.69) is 5.10 Å². The molecule has 1 rings (SSSR count). The third kappa shape index (κ3) is 2.17. The topological polar surface area (TPSA) is 87.9 Å². The van der Waals surface area contributed by atoms with E-state index in [0.29, 0.717) is 5.69 Å². The van der Waals surface area contributed by atoms with Crippen molar-refractivity contribution in [1.29, 1.82) is 0 Å². The van der Waals surface area contributed by atoms with Crippen LogP contribution in [0.2, 0.25) is 0 Å². The van der Waals surface area contributed by atoms with Gasteiger partial charge in [0.1, 0.15) is 6.34 Å². The van der Waals surface area contributed by atoms with Gasteiger partial charge in [0, 0.05) is 5.56 Å². The number of hydrazine groups is 1. The number of para-hydroxylation sites is 1. The molecule has 0 radical (unpaired) electrons. The number of benzene rings is 1. The maximum absolute atomic E-state index is 8.98. The lowest BCUT2D eigenvalue weighted by Crippen LogP contribution is -2.30. The molecule has 13 heavy (non-hydrogen) atoms. The summed E-state index contributed by atoms with van der Waals surface area (Å²) in [5.41, 5.74) is 1.41. The number of anilines is 1. The maximum atomic E-state index is 8.98. The Hall–Kier alpha value is -1.59. The molecule has 0 amide bonds. The van der Waals surface area contributed by atoms with E-state index in [0.717, 1.165) is 5.56 Å². The number of aliphatic hydroxyl groups is 1. The molecule has 0 spiro atoms. The van der Waals surface area contributed by atoms with Gasteiger partial charge in [-0.05, 0) is 6.07 Å². The molecular weight excluding hydrogens is 168 g/mol. The van der Waals surface area contributed by atoms with Gasteiger partial charge in [0.15, 0.2) is 0 Å². The number of nitrogens with zero attached hydrogens (tertiary/aromatic N) is 2. The molecule has 0 heterocycles. The van der Waals surface area contributed by atoms with Crippen LogP contribution in [-0.4, -0.2) is 11.4 Å². The Kier molecular flexibility index (Phi) is 3.24. The smallest absolute Gasteiger partial charge is 0.129 e. The first-order valence-corrected chi connectivity index (χ1v) is 3.75. The lowest BCUT2D eigenvalue weighted by molar-refractivity contribution is 0.282. The Balaban J connectivity index is 2.98. The van der Waals surface area contributed by atoms with Crippen LogP contribution in [0, 0.1) is 0 Å². The molecule has 0 bridgehead atoms. The number of aliphatic hydroxyl groups excluding tert-OH is 1. The van der Waals surface area contributed by atoms with Crippen LogP contribution in [0.1, 0.15) is 5.56 Å². The fraction of sp³-hybridized carbons (Fsp3) is 0.125. The number of rotatable bonds is 3. The predicted molar refractivity (Wildman–Crippen MR) is 51.7 cm³/mol. The number of hydrazone groups is 1. The molecule has 0 fully saturated rings. The van der Waals surface area contributed by atoms with Gasteiger partial charge in [-0.15, -0.1) is 0 Å². The average molecular weight is 180 g/mol. The molecule has 0 saturated carbocycles. The molecule has 5 heteroatoms. The van der Waals surface area contributed by atoms with Crippen LogP contribution >= 0.6 is 0 Å². The molecule has 5 N–H and O–H groups in total. The van der Waals surface area contributed by atoms with Crippen molar-refractivity contribution in [2.75, 3.05) is 5.01 Å². The summed E-state index contributed by atoms with van der Waals surface area (Å²) in [5, 5.41) is 13.5. The van der Waals surface area contributed by atoms with E-state index in [-0.39, 0.29) is 6.61 Å². The lowest BCUT2D eigenvalue weighted by Gasteiger charge is -2.15. The molecule has 0 aliphatic rings. The van der Waals surface area contributed by atoms with Gasteiger partial charge in [-0.25, -0.2) is 5.84 Å². The van der Waals surface area contributed by atoms with Crippen molar-refractivity contribution in [3.63, 3.8) is 0 Å². The van der Waals surface area contributed by atoms with Gasteiger partial charge in [0.2, 0.25) is 0 Å². The summed E-state index contributed by atoms with van der Waals surface area (Å²) in [6, 6.07) is 7.19. The van der Waals surface area contributed by atoms with Gasteiger partial charge in [0.05, 0.1) is 12.3 Å². The molecule has 5 nitrogen and oxygen atoms in total. The van der Waals surface area contributed by atoms with Crippen molar-refractivity contribution >= 4 is 12.0 Å². The number of hydrogen-bond donors (Lipinski definition) is 3. The van der Waals surface area contributed by atoms with Gasteiger partial charge in [-0.2, -0.15) is 5.10 Å². The summed E-state index contributed by atoms with van der Waals surface area (Å²) in [7, 11) is 0. The Labute approximate surface area is 76.2 Å². The van der Waals surface area contributed by atoms with E-state index < -0.39 is 0 Å². The Bertz CT molecular complexity index is 300. The Morgan fingerprint density at radius 1 is 1.46 bits per heavy atom. The summed E-state index contributed by atoms with van der Waals surface area (Å²) in [4.78, 5) is 0. The largest absolute Gasteiger partial charge is 0.392 e. The third-order valence-electron chi connectivity index (χ3n) is 1.63. The van der Waals surface area contributed by atoms with Crippen molar-refractivity contribution < 1.29 is 5.11 Å². The molecule has 1 aromatic carbocycles. The van der Waals surface area contributed by atoms with E-state index in [1.165, 1.54) is 11.3 Å². The summed E-state index contributed by atoms with van der Waals surface area (Å²) in [5.74, 6) is 10.5. The van der Waals surface area contributed by atoms with Crippen LogP contribution in [0.4, 0.5) is 5.69 Å². The minimum atomic E-state index is -0.0672. The number of hydrogen-bond acceptors (Lipinski definition) is 4. The van der Waals surface area contributed by atoms with E-state index in [9.17, 15) is 0 Å². The van der Waals surface area contributed by atoms with Gasteiger partial charge in [-0.3, -0.25) is 5.01 Å². The molecule has 0 aliphatic heterocycles. The Morgan fingerprint density at radius 3 is 2.77 bits per heavy atom. The first-order chi connectivity index (χ1) is 6.29. The first-order valence-electron chi connectivity index (χ1n) is 3.75. The van der Waals surface area contributed by atoms with Crippen molar-refractivity contribution in [1.82, 2.24) is 0 Å². The van der Waals surface area contributed by atoms with Crippen LogP contribution in [-0.2, 0) is 6.61 Å². The molecule has 0 saturated heterocycles. The molecule has 1 aromatic rings. The molecule has 0 aliphatic carbocycles. The fourth-order valence-corrected chi connectivity index (χ4v) is 1.03. The van der Waals surface area contributed by atoms with Crippen molar-refractivity contribution in [3.8, 4) is 0 Å². The second kappa shape index (κ2) is 4.44. The molecule has 0 atom stereocenters. The Morgan fingerprint density at radius 2 is 2.15 bits per heavy atom. The molecular formula is C8H12N4O. The third-order valence-corrected chi connectivity index (χ3v) is 1.63. The molecule has 70 valence electrons. The second-order valence-corrected chi connectivity index (χ2v) is 2.46. The highest BCUT2D eigenvalue weighted by Gasteiger charge is 2.03. The van der Waals surface area contributed by atoms with Gasteiger partial charge in [0.25, 0.3) is 0 Å². The highest BCUT2D eigenvalue weighted by atomic mass is 16.3. The summed E-state index contributed by atoms with van der Waals surface area (Å²) < 4.78 is 0. The van der Waals surface area contributed by atoms with Crippen molar-refractivity contribution in [2.45, 2.75) is 6.61 Å². The average Bonchev–Trinajstić information content (AvgIpc) is 2.18. The van der Waals surface area contributed by atoms with E-state index in [1.54, 1.807) is 12.1 Å². The van der Waals surface area contributed by atoms with Crippen LogP contribution in [0.3, 0.4) is 0 Å². The van der Waals surface area contributed by atoms with Gasteiger partial charge >= 0.3 is 0 Å². The quantitative estimate of drug-likeness (QED) is 0.259. The van der Waals surface area contributed by atoms with Crippen molar-refractivity contribution in [3.05, 3.63) is 29.8 Å². The van der Waals surface area contributed by atoms with Crippen LogP contribution in [0.25, 0.3) is 0 Å². The van der Waals surface area contributed by atoms with Crippen LogP contribution in [0.15, 0.2) is 29.4 Å². The highest BCUT2D eigenvalue weighted by Crippen LogP contribution is 2.16. The predicted octanol–water partition coefficient (Wildman–Crippen LogP) is -0.239. The van der Waals surface area contributed by atoms with E-state index in [1.807, 2.05) is 12.1 Å². The summed E-state index contributed by atoms with van der Waals surface area (Å²) in [6.45, 7) is -0.0672. The lowest BCUT2D eigenvalue weighted by atomic mass is 10.2. The zero-order valence-corrected chi connectivity index (χ0v) is 7.09. The zero-order valence-electron chi connectivity index (χ0n) is 7.09. The highest BCUT2D eigenvalue weighted by molar-refractivity contribution is 5.78. The number of nitrogens with two attached hydrogens (primary N) is 2. The van der Waals surface area contributed by atoms with E-state index in [4.69, 9.17) is 16.8 Å².